The van der Waals surface area contributed by atoms with Crippen molar-refractivity contribution in [3.8, 4) is 0 Å². The second-order valence-electron chi connectivity index (χ2n) is 4.58. The zero-order valence-corrected chi connectivity index (χ0v) is 9.27. The number of likely N-dealkylation sites (N-methyl/N-ethyl adjacent to an activating group) is 1. The van der Waals surface area contributed by atoms with E-state index < -0.39 is 0 Å². The smallest absolute Gasteiger partial charge is 0.220 e. The fraction of sp³-hybridized carbons (Fsp3) is 0.900. The third-order valence-corrected chi connectivity index (χ3v) is 3.48. The average Bonchev–Trinajstić information content (AvgIpc) is 2.55. The largest absolute Gasteiger partial charge is 0.349 e. The van der Waals surface area contributed by atoms with Crippen molar-refractivity contribution >= 4 is 5.91 Å². The number of amides is 1. The molecule has 1 aliphatic carbocycles. The monoisotopic (exact) mass is 184 g/mol. The zero-order valence-electron chi connectivity index (χ0n) is 9.27. The minimum Gasteiger partial charge on any atom is -0.349 e. The van der Waals surface area contributed by atoms with Crippen molar-refractivity contribution < 1.29 is 4.79 Å². The molecule has 0 spiro atoms. The molecule has 76 valence electrons. The van der Waals surface area contributed by atoms with Gasteiger partial charge in [0.2, 0.25) is 5.91 Å². The second-order valence-corrected chi connectivity index (χ2v) is 4.58. The van der Waals surface area contributed by atoms with Gasteiger partial charge in [-0.15, -0.1) is 0 Å². The van der Waals surface area contributed by atoms with E-state index in [9.17, 15) is 4.79 Å². The van der Waals surface area contributed by atoms with Crippen LogP contribution in [0.25, 0.3) is 0 Å². The maximum atomic E-state index is 11.2. The van der Waals surface area contributed by atoms with Crippen LogP contribution < -0.4 is 5.32 Å². The molecule has 0 saturated heterocycles. The van der Waals surface area contributed by atoms with Gasteiger partial charge in [0.25, 0.3) is 0 Å². The van der Waals surface area contributed by atoms with Crippen molar-refractivity contribution in [3.05, 3.63) is 0 Å². The summed E-state index contributed by atoms with van der Waals surface area (Å²) in [4.78, 5) is 13.4. The molecule has 1 saturated carbocycles. The van der Waals surface area contributed by atoms with Crippen LogP contribution in [0.2, 0.25) is 0 Å². The Kier molecular flexibility index (Phi) is 2.41. The summed E-state index contributed by atoms with van der Waals surface area (Å²) in [5, 5.41) is 3.07. The van der Waals surface area contributed by atoms with Crippen LogP contribution in [0.4, 0.5) is 0 Å². The summed E-state index contributed by atoms with van der Waals surface area (Å²) in [6.45, 7) is 6.18. The highest BCUT2D eigenvalue weighted by Crippen LogP contribution is 2.50. The van der Waals surface area contributed by atoms with Gasteiger partial charge in [0.05, 0.1) is 5.54 Å². The molecule has 0 radical (unpaired) electrons. The van der Waals surface area contributed by atoms with E-state index in [1.807, 2.05) is 6.92 Å². The maximum absolute atomic E-state index is 11.2. The molecule has 2 atom stereocenters. The highest BCUT2D eigenvalue weighted by Gasteiger charge is 2.63. The Labute approximate surface area is 80.5 Å². The van der Waals surface area contributed by atoms with E-state index in [0.29, 0.717) is 6.42 Å². The number of carbonyl (C=O) groups excluding carboxylic acids is 1. The predicted octanol–water partition coefficient (Wildman–Crippen LogP) is 0.995. The van der Waals surface area contributed by atoms with E-state index in [4.69, 9.17) is 0 Å². The molecule has 1 N–H and O–H groups in total. The third kappa shape index (κ3) is 1.57. The Morgan fingerprint density at radius 1 is 1.46 bits per heavy atom. The number of nitrogens with one attached hydrogen (secondary N) is 1. The molecule has 2 unspecified atom stereocenters. The van der Waals surface area contributed by atoms with Gasteiger partial charge in [0.15, 0.2) is 0 Å². The molecule has 3 nitrogen and oxygen atoms in total. The Balaban J connectivity index is 2.59. The lowest BCUT2D eigenvalue weighted by Crippen LogP contribution is -2.45. The molecule has 0 aromatic carbocycles. The molecule has 0 aliphatic heterocycles. The highest BCUT2D eigenvalue weighted by molar-refractivity contribution is 5.77. The topological polar surface area (TPSA) is 32.3 Å². The van der Waals surface area contributed by atoms with Crippen LogP contribution in [0.15, 0.2) is 0 Å². The van der Waals surface area contributed by atoms with Gasteiger partial charge >= 0.3 is 0 Å². The van der Waals surface area contributed by atoms with Gasteiger partial charge in [0, 0.05) is 12.0 Å². The van der Waals surface area contributed by atoms with Crippen LogP contribution in [-0.4, -0.2) is 36.0 Å². The standard InChI is InChI=1S/C10H20N2O/c1-6-8(13)11-9(2)7-10(9,3)12(4)5/h6-7H2,1-5H3,(H,11,13). The van der Waals surface area contributed by atoms with E-state index in [0.717, 1.165) is 6.42 Å². The Morgan fingerprint density at radius 2 is 2.00 bits per heavy atom. The lowest BCUT2D eigenvalue weighted by Gasteiger charge is -2.26. The molecule has 0 aromatic rings. The first-order valence-corrected chi connectivity index (χ1v) is 4.84. The maximum Gasteiger partial charge on any atom is 0.220 e. The molecule has 1 amide bonds. The van der Waals surface area contributed by atoms with Gasteiger partial charge in [-0.1, -0.05) is 6.92 Å². The molecule has 0 heterocycles. The fourth-order valence-electron chi connectivity index (χ4n) is 1.87. The van der Waals surface area contributed by atoms with Crippen molar-refractivity contribution in [3.63, 3.8) is 0 Å². The molecule has 1 rings (SSSR count). The highest BCUT2D eigenvalue weighted by atomic mass is 16.1. The summed E-state index contributed by atoms with van der Waals surface area (Å²) in [6, 6.07) is 0. The van der Waals surface area contributed by atoms with E-state index in [1.54, 1.807) is 0 Å². The summed E-state index contributed by atoms with van der Waals surface area (Å²) in [7, 11) is 4.12. The van der Waals surface area contributed by atoms with Crippen LogP contribution >= 0.6 is 0 Å². The average molecular weight is 184 g/mol. The quantitative estimate of drug-likeness (QED) is 0.709. The van der Waals surface area contributed by atoms with Crippen molar-refractivity contribution in [1.82, 2.24) is 10.2 Å². The predicted molar refractivity (Wildman–Crippen MR) is 53.5 cm³/mol. The van der Waals surface area contributed by atoms with Gasteiger partial charge < -0.3 is 10.2 Å². The summed E-state index contributed by atoms with van der Waals surface area (Å²) >= 11 is 0. The van der Waals surface area contributed by atoms with E-state index in [1.165, 1.54) is 0 Å². The normalized spacial score (nSPS) is 37.7. The molecule has 1 aliphatic rings. The van der Waals surface area contributed by atoms with Crippen molar-refractivity contribution in [2.45, 2.75) is 44.7 Å². The molecule has 1 fully saturated rings. The molecular formula is C10H20N2O. The first-order valence-electron chi connectivity index (χ1n) is 4.84. The van der Waals surface area contributed by atoms with E-state index in [-0.39, 0.29) is 17.0 Å². The van der Waals surface area contributed by atoms with Crippen LogP contribution in [0.1, 0.15) is 33.6 Å². The lowest BCUT2D eigenvalue weighted by atomic mass is 10.1. The lowest BCUT2D eigenvalue weighted by molar-refractivity contribution is -0.121. The summed E-state index contributed by atoms with van der Waals surface area (Å²) in [5.74, 6) is 0.146. The van der Waals surface area contributed by atoms with Crippen LogP contribution in [-0.2, 0) is 4.79 Å². The van der Waals surface area contributed by atoms with Gasteiger partial charge in [-0.05, 0) is 34.4 Å². The van der Waals surface area contributed by atoms with Crippen LogP contribution in [0.3, 0.4) is 0 Å². The van der Waals surface area contributed by atoms with Gasteiger partial charge in [-0.3, -0.25) is 4.79 Å². The minimum absolute atomic E-state index is 0.0242. The van der Waals surface area contributed by atoms with Crippen LogP contribution in [0.5, 0.6) is 0 Å². The van der Waals surface area contributed by atoms with E-state index >= 15 is 0 Å². The SMILES string of the molecule is CCC(=O)NC1(C)CC1(C)N(C)C. The Bertz CT molecular complexity index is 227. The van der Waals surface area contributed by atoms with E-state index in [2.05, 4.69) is 38.2 Å². The minimum atomic E-state index is -0.0242. The first-order chi connectivity index (χ1) is 5.85. The van der Waals surface area contributed by atoms with Crippen molar-refractivity contribution in [2.75, 3.05) is 14.1 Å². The van der Waals surface area contributed by atoms with Gasteiger partial charge in [0.1, 0.15) is 0 Å². The summed E-state index contributed by atoms with van der Waals surface area (Å²) < 4.78 is 0. The molecule has 0 bridgehead atoms. The fourth-order valence-corrected chi connectivity index (χ4v) is 1.87. The van der Waals surface area contributed by atoms with Crippen LogP contribution in [0, 0.1) is 0 Å². The number of hydrogen-bond donors (Lipinski definition) is 1. The Hall–Kier alpha value is -0.570. The first kappa shape index (κ1) is 10.5. The van der Waals surface area contributed by atoms with Crippen molar-refractivity contribution in [1.29, 1.82) is 0 Å². The Morgan fingerprint density at radius 3 is 2.31 bits per heavy atom. The van der Waals surface area contributed by atoms with Crippen molar-refractivity contribution in [2.24, 2.45) is 0 Å². The number of carbonyl (C=O) groups is 1. The summed E-state index contributed by atoms with van der Waals surface area (Å²) in [5.41, 5.74) is 0.113. The number of hydrogen-bond acceptors (Lipinski definition) is 2. The van der Waals surface area contributed by atoms with Gasteiger partial charge in [-0.2, -0.15) is 0 Å². The molecule has 13 heavy (non-hydrogen) atoms. The van der Waals surface area contributed by atoms with Gasteiger partial charge in [-0.25, -0.2) is 0 Å². The molecule has 3 heteroatoms. The zero-order chi connectivity index (χ0) is 10.3. The number of nitrogens with zero attached hydrogens (tertiary/aromatic N) is 1. The third-order valence-electron chi connectivity index (χ3n) is 3.48. The molecular weight excluding hydrogens is 164 g/mol. The number of rotatable bonds is 3. The second kappa shape index (κ2) is 2.98. The molecule has 0 aromatic heterocycles. The summed E-state index contributed by atoms with van der Waals surface area (Å²) in [6.07, 6.45) is 1.61.